The number of ether oxygens (including phenoxy) is 3. The summed E-state index contributed by atoms with van der Waals surface area (Å²) in [6, 6.07) is 8.74. The predicted octanol–water partition coefficient (Wildman–Crippen LogP) is 3.36. The van der Waals surface area contributed by atoms with E-state index in [1.165, 1.54) is 20.3 Å². The lowest BCUT2D eigenvalue weighted by Crippen LogP contribution is -2.30. The lowest BCUT2D eigenvalue weighted by atomic mass is 10.1. The molecular formula is C22H27N3O7. The molecule has 1 N–H and O–H groups in total. The smallest absolute Gasteiger partial charge is 0.286 e. The molecule has 2 rings (SSSR count). The first-order valence-corrected chi connectivity index (χ1v) is 10.0. The van der Waals surface area contributed by atoms with Crippen LogP contribution in [0.15, 0.2) is 36.4 Å². The maximum absolute atomic E-state index is 12.8. The molecule has 0 unspecified atom stereocenters. The molecule has 2 amide bonds. The molecule has 2 aromatic carbocycles. The number of nitro benzene ring substituents is 1. The summed E-state index contributed by atoms with van der Waals surface area (Å²) in [7, 11) is 2.88. The van der Waals surface area contributed by atoms with Crippen LogP contribution in [0.4, 0.5) is 11.4 Å². The van der Waals surface area contributed by atoms with Crippen molar-refractivity contribution in [1.82, 2.24) is 4.90 Å². The molecule has 0 fully saturated rings. The molecule has 0 saturated carbocycles. The van der Waals surface area contributed by atoms with Crippen LogP contribution in [0.3, 0.4) is 0 Å². The zero-order valence-electron chi connectivity index (χ0n) is 18.5. The van der Waals surface area contributed by atoms with Gasteiger partial charge in [-0.05, 0) is 38.1 Å². The first-order valence-electron chi connectivity index (χ1n) is 10.0. The Labute approximate surface area is 186 Å². The second-order valence-electron chi connectivity index (χ2n) is 6.63. The minimum atomic E-state index is -0.693. The van der Waals surface area contributed by atoms with Crippen molar-refractivity contribution >= 4 is 23.2 Å². The first kappa shape index (κ1) is 24.6. The quantitative estimate of drug-likeness (QED) is 0.320. The molecule has 0 heterocycles. The van der Waals surface area contributed by atoms with Crippen LogP contribution >= 0.6 is 0 Å². The molecule has 0 aliphatic heterocycles. The molecular weight excluding hydrogens is 418 g/mol. The third-order valence-corrected chi connectivity index (χ3v) is 4.71. The Morgan fingerprint density at radius 3 is 2.22 bits per heavy atom. The highest BCUT2D eigenvalue weighted by atomic mass is 16.6. The van der Waals surface area contributed by atoms with Crippen molar-refractivity contribution in [1.29, 1.82) is 0 Å². The van der Waals surface area contributed by atoms with Gasteiger partial charge in [-0.1, -0.05) is 0 Å². The van der Waals surface area contributed by atoms with E-state index in [9.17, 15) is 19.7 Å². The highest BCUT2D eigenvalue weighted by molar-refractivity contribution is 6.07. The van der Waals surface area contributed by atoms with E-state index in [-0.39, 0.29) is 36.2 Å². The second kappa shape index (κ2) is 11.7. The van der Waals surface area contributed by atoms with Gasteiger partial charge in [0.2, 0.25) is 0 Å². The van der Waals surface area contributed by atoms with E-state index in [4.69, 9.17) is 14.2 Å². The summed E-state index contributed by atoms with van der Waals surface area (Å²) in [4.78, 5) is 37.8. The summed E-state index contributed by atoms with van der Waals surface area (Å²) in [6.07, 6.45) is 0. The number of methoxy groups -OCH3 is 2. The third-order valence-electron chi connectivity index (χ3n) is 4.71. The number of nitrogens with zero attached hydrogens (tertiary/aromatic N) is 2. The first-order chi connectivity index (χ1) is 15.4. The largest absolute Gasteiger partial charge is 0.493 e. The number of nitro groups is 1. The van der Waals surface area contributed by atoms with Crippen molar-refractivity contribution < 1.29 is 28.7 Å². The topological polar surface area (TPSA) is 120 Å². The lowest BCUT2D eigenvalue weighted by molar-refractivity contribution is -0.385. The van der Waals surface area contributed by atoms with Crippen LogP contribution in [0, 0.1) is 10.1 Å². The molecule has 0 aliphatic carbocycles. The van der Waals surface area contributed by atoms with Crippen LogP contribution in [0.1, 0.15) is 34.6 Å². The fraction of sp³-hybridized carbons (Fsp3) is 0.364. The number of amides is 2. The van der Waals surface area contributed by atoms with Crippen LogP contribution in [0.25, 0.3) is 0 Å². The molecule has 10 nitrogen and oxygen atoms in total. The Bertz CT molecular complexity index is 957. The molecule has 0 aliphatic rings. The number of rotatable bonds is 11. The Morgan fingerprint density at radius 1 is 1.03 bits per heavy atom. The molecule has 0 radical (unpaired) electrons. The van der Waals surface area contributed by atoms with Gasteiger partial charge in [-0.3, -0.25) is 19.7 Å². The normalized spacial score (nSPS) is 10.4. The van der Waals surface area contributed by atoms with E-state index in [2.05, 4.69) is 5.32 Å². The average Bonchev–Trinajstić information content (AvgIpc) is 2.79. The van der Waals surface area contributed by atoms with Crippen molar-refractivity contribution in [3.63, 3.8) is 0 Å². The fourth-order valence-electron chi connectivity index (χ4n) is 2.98. The predicted molar refractivity (Wildman–Crippen MR) is 119 cm³/mol. The third kappa shape index (κ3) is 5.94. The Kier molecular flexibility index (Phi) is 8.96. The van der Waals surface area contributed by atoms with Crippen molar-refractivity contribution in [2.45, 2.75) is 13.8 Å². The monoisotopic (exact) mass is 445 g/mol. The van der Waals surface area contributed by atoms with Crippen LogP contribution in [0.5, 0.6) is 11.5 Å². The number of hydrogen-bond acceptors (Lipinski definition) is 7. The maximum atomic E-state index is 12.8. The van der Waals surface area contributed by atoms with Gasteiger partial charge < -0.3 is 24.4 Å². The van der Waals surface area contributed by atoms with Crippen LogP contribution in [0.2, 0.25) is 0 Å². The summed E-state index contributed by atoms with van der Waals surface area (Å²) < 4.78 is 15.6. The minimum absolute atomic E-state index is 0.114. The molecule has 0 saturated heterocycles. The number of benzene rings is 2. The Morgan fingerprint density at radius 2 is 1.69 bits per heavy atom. The molecule has 0 aromatic heterocycles. The van der Waals surface area contributed by atoms with Crippen LogP contribution in [-0.2, 0) is 4.74 Å². The number of anilines is 1. The standard InChI is InChI=1S/C22H27N3O7/c1-5-24(6-2)22(27)15-7-9-16(10-8-15)23-21(26)17-13-19(31-4)20(32-12-11-30-3)14-18(17)25(28)29/h7-10,13-14H,5-6,11-12H2,1-4H3,(H,23,26). The van der Waals surface area contributed by atoms with E-state index >= 15 is 0 Å². The Balaban J connectivity index is 2.26. The van der Waals surface area contributed by atoms with Gasteiger partial charge in [0.15, 0.2) is 11.5 Å². The van der Waals surface area contributed by atoms with Crippen molar-refractivity contribution in [3.8, 4) is 11.5 Å². The summed E-state index contributed by atoms with van der Waals surface area (Å²) >= 11 is 0. The van der Waals surface area contributed by atoms with Gasteiger partial charge >= 0.3 is 0 Å². The van der Waals surface area contributed by atoms with Gasteiger partial charge in [0.1, 0.15) is 12.2 Å². The molecule has 32 heavy (non-hydrogen) atoms. The van der Waals surface area contributed by atoms with Gasteiger partial charge in [0.25, 0.3) is 17.5 Å². The zero-order valence-corrected chi connectivity index (χ0v) is 18.5. The van der Waals surface area contributed by atoms with Gasteiger partial charge in [0.05, 0.1) is 24.7 Å². The molecule has 2 aromatic rings. The molecule has 0 bridgehead atoms. The fourth-order valence-corrected chi connectivity index (χ4v) is 2.98. The molecule has 172 valence electrons. The van der Waals surface area contributed by atoms with Crippen LogP contribution < -0.4 is 14.8 Å². The van der Waals surface area contributed by atoms with Crippen molar-refractivity contribution in [2.75, 3.05) is 45.8 Å². The van der Waals surface area contributed by atoms with E-state index in [0.717, 1.165) is 6.07 Å². The summed E-state index contributed by atoms with van der Waals surface area (Å²) in [6.45, 7) is 5.41. The second-order valence-corrected chi connectivity index (χ2v) is 6.63. The summed E-state index contributed by atoms with van der Waals surface area (Å²) in [5.74, 6) is -0.498. The van der Waals surface area contributed by atoms with Gasteiger partial charge in [0, 0.05) is 37.5 Å². The van der Waals surface area contributed by atoms with E-state index in [1.54, 1.807) is 29.2 Å². The highest BCUT2D eigenvalue weighted by Crippen LogP contribution is 2.35. The average molecular weight is 445 g/mol. The van der Waals surface area contributed by atoms with Gasteiger partial charge in [-0.2, -0.15) is 0 Å². The summed E-state index contributed by atoms with van der Waals surface area (Å²) in [5, 5.41) is 14.2. The Hall–Kier alpha value is -3.66. The molecule has 10 heteroatoms. The lowest BCUT2D eigenvalue weighted by Gasteiger charge is -2.18. The number of hydrogen-bond donors (Lipinski definition) is 1. The van der Waals surface area contributed by atoms with E-state index in [0.29, 0.717) is 24.3 Å². The number of nitrogens with one attached hydrogen (secondary N) is 1. The molecule has 0 atom stereocenters. The van der Waals surface area contributed by atoms with Crippen molar-refractivity contribution in [2.24, 2.45) is 0 Å². The van der Waals surface area contributed by atoms with Crippen molar-refractivity contribution in [3.05, 3.63) is 57.6 Å². The van der Waals surface area contributed by atoms with Gasteiger partial charge in [-0.15, -0.1) is 0 Å². The number of carbonyl (C=O) groups is 2. The maximum Gasteiger partial charge on any atom is 0.286 e. The minimum Gasteiger partial charge on any atom is -0.493 e. The zero-order chi connectivity index (χ0) is 23.7. The summed E-state index contributed by atoms with van der Waals surface area (Å²) in [5.41, 5.74) is 0.259. The van der Waals surface area contributed by atoms with E-state index < -0.39 is 16.5 Å². The number of carbonyl (C=O) groups excluding carboxylic acids is 2. The highest BCUT2D eigenvalue weighted by Gasteiger charge is 2.25. The van der Waals surface area contributed by atoms with Crippen LogP contribution in [-0.4, -0.2) is 62.2 Å². The van der Waals surface area contributed by atoms with E-state index in [1.807, 2.05) is 13.8 Å². The molecule has 0 spiro atoms. The SMILES string of the molecule is CCN(CC)C(=O)c1ccc(NC(=O)c2cc(OC)c(OCCOC)cc2[N+](=O)[O-])cc1. The van der Waals surface area contributed by atoms with Gasteiger partial charge in [-0.25, -0.2) is 0 Å².